The maximum Gasteiger partial charge on any atom is 0.253 e. The third-order valence-electron chi connectivity index (χ3n) is 5.29. The van der Waals surface area contributed by atoms with Crippen molar-refractivity contribution < 1.29 is 14.4 Å². The summed E-state index contributed by atoms with van der Waals surface area (Å²) in [6.45, 7) is 7.01. The summed E-state index contributed by atoms with van der Waals surface area (Å²) in [5.41, 5.74) is 1.93. The maximum absolute atomic E-state index is 12.7. The van der Waals surface area contributed by atoms with Gasteiger partial charge in [-0.2, -0.15) is 0 Å². The van der Waals surface area contributed by atoms with Crippen LogP contribution in [0, 0.1) is 5.92 Å². The number of nitrogens with one attached hydrogen (secondary N) is 2. The second kappa shape index (κ2) is 10.7. The topological polar surface area (TPSA) is 81.8 Å². The molecule has 2 N–H and O–H groups in total. The molecule has 2 aromatic rings. The van der Waals surface area contributed by atoms with Gasteiger partial charge in [0.25, 0.3) is 5.91 Å². The van der Waals surface area contributed by atoms with Gasteiger partial charge in [-0.25, -0.2) is 0 Å². The van der Waals surface area contributed by atoms with Gasteiger partial charge in [-0.3, -0.25) is 19.3 Å². The van der Waals surface area contributed by atoms with E-state index in [9.17, 15) is 14.4 Å². The zero-order valence-corrected chi connectivity index (χ0v) is 18.1. The van der Waals surface area contributed by atoms with Crippen LogP contribution in [0.3, 0.4) is 0 Å². The van der Waals surface area contributed by atoms with Crippen LogP contribution >= 0.6 is 0 Å². The van der Waals surface area contributed by atoms with E-state index in [0.717, 1.165) is 5.56 Å². The van der Waals surface area contributed by atoms with Crippen molar-refractivity contribution in [2.75, 3.05) is 38.0 Å². The van der Waals surface area contributed by atoms with Gasteiger partial charge in [-0.05, 0) is 17.7 Å². The van der Waals surface area contributed by atoms with Crippen molar-refractivity contribution in [3.8, 4) is 0 Å². The third-order valence-corrected chi connectivity index (χ3v) is 5.29. The number of hydrogen-bond donors (Lipinski definition) is 2. The van der Waals surface area contributed by atoms with E-state index in [2.05, 4.69) is 10.6 Å². The molecule has 0 radical (unpaired) electrons. The summed E-state index contributed by atoms with van der Waals surface area (Å²) in [4.78, 5) is 41.2. The quantitative estimate of drug-likeness (QED) is 0.718. The lowest BCUT2D eigenvalue weighted by molar-refractivity contribution is -0.136. The minimum atomic E-state index is -0.236. The van der Waals surface area contributed by atoms with Crippen molar-refractivity contribution in [1.82, 2.24) is 15.1 Å². The summed E-state index contributed by atoms with van der Waals surface area (Å²) >= 11 is 0. The van der Waals surface area contributed by atoms with Crippen molar-refractivity contribution in [3.05, 3.63) is 65.7 Å². The second-order valence-electron chi connectivity index (χ2n) is 8.02. The molecule has 31 heavy (non-hydrogen) atoms. The van der Waals surface area contributed by atoms with Crippen LogP contribution in [0.2, 0.25) is 0 Å². The molecule has 3 rings (SSSR count). The number of nitrogens with zero attached hydrogens (tertiary/aromatic N) is 2. The van der Waals surface area contributed by atoms with E-state index in [-0.39, 0.29) is 30.2 Å². The molecule has 7 heteroatoms. The van der Waals surface area contributed by atoms with Gasteiger partial charge >= 0.3 is 0 Å². The van der Waals surface area contributed by atoms with Gasteiger partial charge in [-0.15, -0.1) is 0 Å². The second-order valence-corrected chi connectivity index (χ2v) is 8.02. The Bertz CT molecular complexity index is 906. The number of para-hydroxylation sites is 1. The van der Waals surface area contributed by atoms with Crippen molar-refractivity contribution in [2.24, 2.45) is 5.92 Å². The fourth-order valence-electron chi connectivity index (χ4n) is 3.55. The molecule has 1 fully saturated rings. The standard InChI is InChI=1S/C24H30N4O3/c1-18(2)24(31)28-14-12-27(13-15-28)17-22(29)26-21-11-7-6-10-20(21)23(30)25-16-19-8-4-3-5-9-19/h3-11,18H,12-17H2,1-2H3,(H,25,30)(H,26,29). The normalized spacial score (nSPS) is 14.4. The zero-order valence-electron chi connectivity index (χ0n) is 18.1. The first kappa shape index (κ1) is 22.5. The molecule has 0 spiro atoms. The Labute approximate surface area is 183 Å². The number of benzene rings is 2. The van der Waals surface area contributed by atoms with Crippen LogP contribution in [0.15, 0.2) is 54.6 Å². The van der Waals surface area contributed by atoms with Gasteiger partial charge in [0.1, 0.15) is 0 Å². The molecule has 1 heterocycles. The zero-order chi connectivity index (χ0) is 22.2. The molecule has 0 aromatic heterocycles. The number of amides is 3. The fraction of sp³-hybridized carbons (Fsp3) is 0.375. The number of rotatable bonds is 7. The van der Waals surface area contributed by atoms with E-state index in [4.69, 9.17) is 0 Å². The molecule has 0 unspecified atom stereocenters. The Hall–Kier alpha value is -3.19. The molecule has 0 bridgehead atoms. The molecule has 2 aromatic carbocycles. The summed E-state index contributed by atoms with van der Waals surface area (Å²) in [6.07, 6.45) is 0. The highest BCUT2D eigenvalue weighted by Gasteiger charge is 2.24. The highest BCUT2D eigenvalue weighted by molar-refractivity contribution is 6.04. The molecule has 7 nitrogen and oxygen atoms in total. The lowest BCUT2D eigenvalue weighted by atomic mass is 10.1. The van der Waals surface area contributed by atoms with Gasteiger partial charge < -0.3 is 15.5 Å². The fourth-order valence-corrected chi connectivity index (χ4v) is 3.55. The molecule has 164 valence electrons. The van der Waals surface area contributed by atoms with Crippen LogP contribution in [-0.4, -0.2) is 60.2 Å². The van der Waals surface area contributed by atoms with E-state index in [0.29, 0.717) is 44.0 Å². The van der Waals surface area contributed by atoms with E-state index in [1.165, 1.54) is 0 Å². The predicted molar refractivity (Wildman–Crippen MR) is 121 cm³/mol. The Kier molecular flexibility index (Phi) is 7.78. The van der Waals surface area contributed by atoms with E-state index in [1.807, 2.05) is 54.0 Å². The van der Waals surface area contributed by atoms with Crippen LogP contribution in [0.1, 0.15) is 29.8 Å². The lowest BCUT2D eigenvalue weighted by Gasteiger charge is -2.35. The molecule has 0 saturated carbocycles. The van der Waals surface area contributed by atoms with Gasteiger partial charge in [-0.1, -0.05) is 56.3 Å². The number of piperazine rings is 1. The van der Waals surface area contributed by atoms with Crippen molar-refractivity contribution in [3.63, 3.8) is 0 Å². The van der Waals surface area contributed by atoms with Crippen LogP contribution < -0.4 is 10.6 Å². The van der Waals surface area contributed by atoms with Crippen LogP contribution in [0.25, 0.3) is 0 Å². The number of hydrogen-bond acceptors (Lipinski definition) is 4. The Balaban J connectivity index is 1.52. The Morgan fingerprint density at radius 2 is 1.55 bits per heavy atom. The molecule has 0 atom stereocenters. The Morgan fingerprint density at radius 3 is 2.23 bits per heavy atom. The predicted octanol–water partition coefficient (Wildman–Crippen LogP) is 2.36. The summed E-state index contributed by atoms with van der Waals surface area (Å²) < 4.78 is 0. The van der Waals surface area contributed by atoms with Crippen LogP contribution in [0.5, 0.6) is 0 Å². The highest BCUT2D eigenvalue weighted by atomic mass is 16.2. The van der Waals surface area contributed by atoms with Crippen LogP contribution in [-0.2, 0) is 16.1 Å². The summed E-state index contributed by atoms with van der Waals surface area (Å²) in [7, 11) is 0. The maximum atomic E-state index is 12.7. The minimum absolute atomic E-state index is 0.0145. The SMILES string of the molecule is CC(C)C(=O)N1CCN(CC(=O)Nc2ccccc2C(=O)NCc2ccccc2)CC1. The summed E-state index contributed by atoms with van der Waals surface area (Å²) in [5, 5.41) is 5.76. The van der Waals surface area contributed by atoms with Gasteiger partial charge in [0.15, 0.2) is 0 Å². The average Bonchev–Trinajstić information content (AvgIpc) is 2.78. The highest BCUT2D eigenvalue weighted by Crippen LogP contribution is 2.16. The lowest BCUT2D eigenvalue weighted by Crippen LogP contribution is -2.51. The molecule has 3 amide bonds. The van der Waals surface area contributed by atoms with Crippen LogP contribution in [0.4, 0.5) is 5.69 Å². The third kappa shape index (κ3) is 6.39. The van der Waals surface area contributed by atoms with Gasteiger partial charge in [0.2, 0.25) is 11.8 Å². The molecule has 1 aliphatic rings. The number of carbonyl (C=O) groups excluding carboxylic acids is 3. The van der Waals surface area contributed by atoms with Crippen molar-refractivity contribution in [1.29, 1.82) is 0 Å². The minimum Gasteiger partial charge on any atom is -0.348 e. The Morgan fingerprint density at radius 1 is 0.903 bits per heavy atom. The van der Waals surface area contributed by atoms with Crippen molar-refractivity contribution >= 4 is 23.4 Å². The average molecular weight is 423 g/mol. The van der Waals surface area contributed by atoms with Gasteiger partial charge in [0.05, 0.1) is 17.8 Å². The largest absolute Gasteiger partial charge is 0.348 e. The molecular weight excluding hydrogens is 392 g/mol. The molecule has 1 aliphatic heterocycles. The monoisotopic (exact) mass is 422 g/mol. The molecule has 0 aliphatic carbocycles. The molecule has 1 saturated heterocycles. The van der Waals surface area contributed by atoms with E-state index >= 15 is 0 Å². The van der Waals surface area contributed by atoms with E-state index in [1.54, 1.807) is 24.3 Å². The van der Waals surface area contributed by atoms with Crippen molar-refractivity contribution in [2.45, 2.75) is 20.4 Å². The summed E-state index contributed by atoms with van der Waals surface area (Å²) in [5.74, 6) is -0.272. The van der Waals surface area contributed by atoms with E-state index < -0.39 is 0 Å². The first-order chi connectivity index (χ1) is 14.9. The number of anilines is 1. The van der Waals surface area contributed by atoms with Gasteiger partial charge in [0, 0.05) is 38.6 Å². The summed E-state index contributed by atoms with van der Waals surface area (Å²) in [6, 6.07) is 16.7. The molecular formula is C24H30N4O3. The first-order valence-electron chi connectivity index (χ1n) is 10.7. The smallest absolute Gasteiger partial charge is 0.253 e. The first-order valence-corrected chi connectivity index (χ1v) is 10.7. The number of carbonyl (C=O) groups is 3.